The van der Waals surface area contributed by atoms with Crippen LogP contribution in [0.15, 0.2) is 61.2 Å². The summed E-state index contributed by atoms with van der Waals surface area (Å²) in [6.45, 7) is 0.480. The maximum absolute atomic E-state index is 12.2. The quantitative estimate of drug-likeness (QED) is 0.734. The van der Waals surface area contributed by atoms with Gasteiger partial charge in [-0.3, -0.25) is 5.32 Å². The summed E-state index contributed by atoms with van der Waals surface area (Å²) < 4.78 is 4.93. The number of ether oxygens (including phenoxy) is 1. The van der Waals surface area contributed by atoms with Crippen LogP contribution in [0.1, 0.15) is 17.2 Å². The van der Waals surface area contributed by atoms with Crippen molar-refractivity contribution in [1.82, 2.24) is 15.3 Å². The smallest absolute Gasteiger partial charge is 0.327 e. The summed E-state index contributed by atoms with van der Waals surface area (Å²) in [4.78, 5) is 20.1. The van der Waals surface area contributed by atoms with Crippen molar-refractivity contribution in [3.05, 3.63) is 72.3 Å². The minimum Gasteiger partial charge on any atom is -0.468 e. The maximum Gasteiger partial charge on any atom is 0.327 e. The second kappa shape index (κ2) is 6.98. The normalized spacial score (nSPS) is 12.0. The molecule has 1 aromatic heterocycles. The molecule has 0 amide bonds. The Labute approximate surface area is 134 Å². The van der Waals surface area contributed by atoms with E-state index in [0.717, 1.165) is 21.9 Å². The van der Waals surface area contributed by atoms with E-state index in [-0.39, 0.29) is 5.97 Å². The van der Waals surface area contributed by atoms with Gasteiger partial charge in [-0.25, -0.2) is 14.8 Å². The molecule has 3 rings (SSSR count). The molecule has 0 aliphatic heterocycles. The molecule has 5 heteroatoms. The number of methoxy groups -OCH3 is 1. The van der Waals surface area contributed by atoms with Crippen molar-refractivity contribution in [1.29, 1.82) is 0 Å². The topological polar surface area (TPSA) is 64.1 Å². The third-order valence-corrected chi connectivity index (χ3v) is 3.67. The van der Waals surface area contributed by atoms with Crippen LogP contribution >= 0.6 is 0 Å². The molecule has 0 saturated carbocycles. The molecular formula is C18H17N3O2. The van der Waals surface area contributed by atoms with Gasteiger partial charge in [0, 0.05) is 24.5 Å². The molecule has 0 bridgehead atoms. The maximum atomic E-state index is 12.2. The largest absolute Gasteiger partial charge is 0.468 e. The first-order valence-corrected chi connectivity index (χ1v) is 7.32. The molecule has 0 radical (unpaired) electrons. The molecule has 1 heterocycles. The lowest BCUT2D eigenvalue weighted by molar-refractivity contribution is -0.143. The van der Waals surface area contributed by atoms with E-state index in [1.165, 1.54) is 13.4 Å². The van der Waals surface area contributed by atoms with E-state index < -0.39 is 6.04 Å². The number of nitrogens with one attached hydrogen (secondary N) is 1. The van der Waals surface area contributed by atoms with Crippen molar-refractivity contribution in [3.8, 4) is 0 Å². The number of nitrogens with zero attached hydrogens (tertiary/aromatic N) is 2. The summed E-state index contributed by atoms with van der Waals surface area (Å²) in [5, 5.41) is 5.44. The van der Waals surface area contributed by atoms with Crippen LogP contribution in [0.25, 0.3) is 10.8 Å². The standard InChI is InChI=1S/C18H17N3O2/c1-23-18(22)17(21-11-13-9-19-12-20-10-13)16-7-6-14-4-2-3-5-15(14)8-16/h2-10,12,17,21H,11H2,1H3/t17-/m0/s1. The van der Waals surface area contributed by atoms with Crippen molar-refractivity contribution in [2.75, 3.05) is 7.11 Å². The van der Waals surface area contributed by atoms with Gasteiger partial charge in [-0.1, -0.05) is 36.4 Å². The molecule has 0 saturated heterocycles. The van der Waals surface area contributed by atoms with Crippen LogP contribution in [-0.4, -0.2) is 23.0 Å². The van der Waals surface area contributed by atoms with E-state index in [4.69, 9.17) is 4.74 Å². The highest BCUT2D eigenvalue weighted by molar-refractivity contribution is 5.85. The Balaban J connectivity index is 1.86. The molecule has 5 nitrogen and oxygen atoms in total. The second-order valence-corrected chi connectivity index (χ2v) is 5.19. The van der Waals surface area contributed by atoms with Crippen LogP contribution in [0.2, 0.25) is 0 Å². The third-order valence-electron chi connectivity index (χ3n) is 3.67. The van der Waals surface area contributed by atoms with Crippen LogP contribution in [-0.2, 0) is 16.1 Å². The van der Waals surface area contributed by atoms with Gasteiger partial charge in [-0.2, -0.15) is 0 Å². The Morgan fingerprint density at radius 3 is 2.61 bits per heavy atom. The molecule has 23 heavy (non-hydrogen) atoms. The summed E-state index contributed by atoms with van der Waals surface area (Å²) >= 11 is 0. The van der Waals surface area contributed by atoms with Crippen molar-refractivity contribution in [2.24, 2.45) is 0 Å². The van der Waals surface area contributed by atoms with Crippen molar-refractivity contribution in [2.45, 2.75) is 12.6 Å². The van der Waals surface area contributed by atoms with E-state index in [0.29, 0.717) is 6.54 Å². The second-order valence-electron chi connectivity index (χ2n) is 5.19. The molecule has 0 aliphatic rings. The summed E-state index contributed by atoms with van der Waals surface area (Å²) in [5.74, 6) is -0.322. The first-order chi connectivity index (χ1) is 11.3. The van der Waals surface area contributed by atoms with Crippen molar-refractivity contribution >= 4 is 16.7 Å². The molecule has 3 aromatic rings. The molecule has 0 aliphatic carbocycles. The van der Waals surface area contributed by atoms with Crippen LogP contribution < -0.4 is 5.32 Å². The fourth-order valence-electron chi connectivity index (χ4n) is 2.48. The van der Waals surface area contributed by atoms with Gasteiger partial charge in [0.05, 0.1) is 7.11 Å². The zero-order valence-electron chi connectivity index (χ0n) is 12.8. The van der Waals surface area contributed by atoms with E-state index in [1.807, 2.05) is 42.5 Å². The van der Waals surface area contributed by atoms with Crippen molar-refractivity contribution < 1.29 is 9.53 Å². The predicted octanol–water partition coefficient (Wildman–Crippen LogP) is 2.63. The van der Waals surface area contributed by atoms with Gasteiger partial charge in [0.15, 0.2) is 0 Å². The molecular weight excluding hydrogens is 290 g/mol. The fourth-order valence-corrected chi connectivity index (χ4v) is 2.48. The molecule has 2 aromatic carbocycles. The van der Waals surface area contributed by atoms with Gasteiger partial charge in [0.25, 0.3) is 0 Å². The fraction of sp³-hybridized carbons (Fsp3) is 0.167. The van der Waals surface area contributed by atoms with E-state index >= 15 is 0 Å². The third kappa shape index (κ3) is 3.52. The number of benzene rings is 2. The summed E-state index contributed by atoms with van der Waals surface area (Å²) in [7, 11) is 1.39. The van der Waals surface area contributed by atoms with Gasteiger partial charge in [-0.15, -0.1) is 0 Å². The van der Waals surface area contributed by atoms with Crippen LogP contribution in [0.3, 0.4) is 0 Å². The highest BCUT2D eigenvalue weighted by atomic mass is 16.5. The monoisotopic (exact) mass is 307 g/mol. The molecule has 0 spiro atoms. The lowest BCUT2D eigenvalue weighted by Gasteiger charge is -2.17. The average molecular weight is 307 g/mol. The highest BCUT2D eigenvalue weighted by Crippen LogP contribution is 2.21. The summed E-state index contributed by atoms with van der Waals surface area (Å²) in [6, 6.07) is 13.5. The van der Waals surface area contributed by atoms with E-state index in [1.54, 1.807) is 12.4 Å². The Morgan fingerprint density at radius 2 is 1.87 bits per heavy atom. The lowest BCUT2D eigenvalue weighted by Crippen LogP contribution is -2.29. The number of fused-ring (bicyclic) bond motifs is 1. The van der Waals surface area contributed by atoms with E-state index in [9.17, 15) is 4.79 Å². The van der Waals surface area contributed by atoms with Gasteiger partial charge in [0.2, 0.25) is 0 Å². The molecule has 0 fully saturated rings. The molecule has 116 valence electrons. The highest BCUT2D eigenvalue weighted by Gasteiger charge is 2.21. The Kier molecular flexibility index (Phi) is 4.59. The van der Waals surface area contributed by atoms with Crippen molar-refractivity contribution in [3.63, 3.8) is 0 Å². The Hall–Kier alpha value is -2.79. The zero-order valence-corrected chi connectivity index (χ0v) is 12.8. The van der Waals surface area contributed by atoms with Crippen LogP contribution in [0.5, 0.6) is 0 Å². The minimum absolute atomic E-state index is 0.322. The van der Waals surface area contributed by atoms with Gasteiger partial charge >= 0.3 is 5.97 Å². The Bertz CT molecular complexity index is 805. The number of esters is 1. The summed E-state index contributed by atoms with van der Waals surface area (Å²) in [5.41, 5.74) is 1.77. The first-order valence-electron chi connectivity index (χ1n) is 7.32. The Morgan fingerprint density at radius 1 is 1.13 bits per heavy atom. The lowest BCUT2D eigenvalue weighted by atomic mass is 10.0. The van der Waals surface area contributed by atoms with Gasteiger partial charge in [0.1, 0.15) is 12.4 Å². The minimum atomic E-state index is -0.537. The number of rotatable bonds is 5. The number of aromatic nitrogens is 2. The average Bonchev–Trinajstić information content (AvgIpc) is 2.62. The van der Waals surface area contributed by atoms with E-state index in [2.05, 4.69) is 15.3 Å². The number of carbonyl (C=O) groups is 1. The number of carbonyl (C=O) groups excluding carboxylic acids is 1. The SMILES string of the molecule is COC(=O)[C@@H](NCc1cncnc1)c1ccc2ccccc2c1. The van der Waals surface area contributed by atoms with Gasteiger partial charge < -0.3 is 4.74 Å². The van der Waals surface area contributed by atoms with Gasteiger partial charge in [-0.05, 0) is 22.4 Å². The van der Waals surface area contributed by atoms with Crippen LogP contribution in [0, 0.1) is 0 Å². The molecule has 1 atom stereocenters. The molecule has 1 N–H and O–H groups in total. The first kappa shape index (κ1) is 15.1. The number of hydrogen-bond donors (Lipinski definition) is 1. The summed E-state index contributed by atoms with van der Waals surface area (Å²) in [6.07, 6.45) is 4.91. The predicted molar refractivity (Wildman–Crippen MR) is 87.6 cm³/mol. The molecule has 0 unspecified atom stereocenters. The number of hydrogen-bond acceptors (Lipinski definition) is 5. The zero-order chi connectivity index (χ0) is 16.1. The van der Waals surface area contributed by atoms with Crippen LogP contribution in [0.4, 0.5) is 0 Å².